The Kier molecular flexibility index (Phi) is 7.57. The lowest BCUT2D eigenvalue weighted by Crippen LogP contribution is -2.56. The van der Waals surface area contributed by atoms with E-state index in [2.05, 4.69) is 15.5 Å². The van der Waals surface area contributed by atoms with E-state index in [-0.39, 0.29) is 36.2 Å². The van der Waals surface area contributed by atoms with Gasteiger partial charge in [0.1, 0.15) is 12.6 Å². The number of rotatable bonds is 7. The van der Waals surface area contributed by atoms with Gasteiger partial charge >= 0.3 is 0 Å². The summed E-state index contributed by atoms with van der Waals surface area (Å²) in [5, 5.41) is 5.52. The highest BCUT2D eigenvalue weighted by Crippen LogP contribution is 2.40. The van der Waals surface area contributed by atoms with Gasteiger partial charge in [0.2, 0.25) is 17.7 Å². The Labute approximate surface area is 211 Å². The molecule has 1 saturated heterocycles. The van der Waals surface area contributed by atoms with E-state index in [1.165, 1.54) is 11.8 Å². The monoisotopic (exact) mass is 491 g/mol. The van der Waals surface area contributed by atoms with E-state index in [0.29, 0.717) is 35.7 Å². The second-order valence-electron chi connectivity index (χ2n) is 9.12. The van der Waals surface area contributed by atoms with Crippen LogP contribution in [0.2, 0.25) is 0 Å². The minimum Gasteiger partial charge on any atom is -0.358 e. The molecule has 0 aliphatic carbocycles. The molecule has 0 unspecified atom stereocenters. The molecule has 2 heterocycles. The number of carbonyl (C=O) groups excluding carboxylic acids is 4. The van der Waals surface area contributed by atoms with Crippen LogP contribution in [0.4, 0.5) is 22.7 Å². The molecule has 0 spiro atoms. The molecule has 0 saturated carbocycles. The van der Waals surface area contributed by atoms with Crippen LogP contribution in [-0.2, 0) is 14.4 Å². The van der Waals surface area contributed by atoms with Crippen LogP contribution in [0.3, 0.4) is 0 Å². The van der Waals surface area contributed by atoms with Crippen LogP contribution < -0.4 is 20.4 Å². The van der Waals surface area contributed by atoms with Gasteiger partial charge in [0.05, 0.1) is 11.4 Å². The summed E-state index contributed by atoms with van der Waals surface area (Å²) in [6.07, 6.45) is 2.70. The first kappa shape index (κ1) is 25.2. The molecule has 2 aliphatic rings. The Morgan fingerprint density at radius 1 is 0.944 bits per heavy atom. The quantitative estimate of drug-likeness (QED) is 0.618. The van der Waals surface area contributed by atoms with Crippen molar-refractivity contribution in [3.05, 3.63) is 48.0 Å². The fourth-order valence-electron chi connectivity index (χ4n) is 4.93. The van der Waals surface area contributed by atoms with Gasteiger partial charge in [0.25, 0.3) is 5.91 Å². The molecule has 4 amide bonds. The van der Waals surface area contributed by atoms with Gasteiger partial charge in [-0.3, -0.25) is 24.1 Å². The van der Waals surface area contributed by atoms with Gasteiger partial charge in [-0.1, -0.05) is 0 Å². The number of nitrogens with one attached hydrogen (secondary N) is 2. The molecule has 0 aromatic heterocycles. The van der Waals surface area contributed by atoms with Crippen LogP contribution in [0, 0.1) is 0 Å². The van der Waals surface area contributed by atoms with Crippen LogP contribution in [0.1, 0.15) is 50.4 Å². The summed E-state index contributed by atoms with van der Waals surface area (Å²) >= 11 is 0. The third-order valence-corrected chi connectivity index (χ3v) is 6.72. The Balaban J connectivity index is 1.60. The summed E-state index contributed by atoms with van der Waals surface area (Å²) in [7, 11) is 0. The van der Waals surface area contributed by atoms with E-state index in [4.69, 9.17) is 0 Å². The predicted octanol–water partition coefficient (Wildman–Crippen LogP) is 3.47. The van der Waals surface area contributed by atoms with Crippen molar-refractivity contribution < 1.29 is 19.2 Å². The molecular weight excluding hydrogens is 458 g/mol. The number of fused-ring (bicyclic) bond motifs is 3. The van der Waals surface area contributed by atoms with E-state index >= 15 is 0 Å². The highest BCUT2D eigenvalue weighted by atomic mass is 16.2. The van der Waals surface area contributed by atoms with Gasteiger partial charge in [-0.05, 0) is 75.6 Å². The zero-order valence-corrected chi connectivity index (χ0v) is 21.0. The molecule has 9 nitrogen and oxygen atoms in total. The van der Waals surface area contributed by atoms with E-state index in [1.807, 2.05) is 26.0 Å². The first-order valence-corrected chi connectivity index (χ1v) is 12.5. The normalized spacial score (nSPS) is 16.6. The first-order valence-electron chi connectivity index (χ1n) is 12.5. The average Bonchev–Trinajstić information content (AvgIpc) is 2.87. The third kappa shape index (κ3) is 5.19. The maximum absolute atomic E-state index is 13.6. The number of carbonyl (C=O) groups is 4. The van der Waals surface area contributed by atoms with Gasteiger partial charge in [-0.15, -0.1) is 0 Å². The smallest absolute Gasteiger partial charge is 0.253 e. The van der Waals surface area contributed by atoms with Crippen molar-refractivity contribution in [3.8, 4) is 0 Å². The summed E-state index contributed by atoms with van der Waals surface area (Å²) in [6, 6.07) is 11.9. The fourth-order valence-corrected chi connectivity index (χ4v) is 4.93. The van der Waals surface area contributed by atoms with Crippen LogP contribution in [-0.4, -0.2) is 60.7 Å². The van der Waals surface area contributed by atoms with Gasteiger partial charge in [0, 0.05) is 43.5 Å². The van der Waals surface area contributed by atoms with Crippen molar-refractivity contribution in [2.75, 3.05) is 46.6 Å². The number of amides is 4. The van der Waals surface area contributed by atoms with Crippen LogP contribution >= 0.6 is 0 Å². The van der Waals surface area contributed by atoms with E-state index in [9.17, 15) is 19.2 Å². The lowest BCUT2D eigenvalue weighted by molar-refractivity contribution is -0.123. The second kappa shape index (κ2) is 10.8. The molecule has 2 aromatic rings. The lowest BCUT2D eigenvalue weighted by atomic mass is 9.95. The maximum atomic E-state index is 13.6. The Morgan fingerprint density at radius 3 is 2.25 bits per heavy atom. The minimum atomic E-state index is -0.341. The predicted molar refractivity (Wildman–Crippen MR) is 140 cm³/mol. The molecule has 36 heavy (non-hydrogen) atoms. The van der Waals surface area contributed by atoms with Crippen molar-refractivity contribution in [2.24, 2.45) is 0 Å². The number of hydrogen-bond donors (Lipinski definition) is 2. The van der Waals surface area contributed by atoms with Crippen molar-refractivity contribution in [1.82, 2.24) is 4.90 Å². The zero-order valence-electron chi connectivity index (χ0n) is 21.0. The molecule has 0 radical (unpaired) electrons. The van der Waals surface area contributed by atoms with E-state index < -0.39 is 0 Å². The van der Waals surface area contributed by atoms with Gasteiger partial charge in [-0.25, -0.2) is 0 Å². The number of hydrogen-bond acceptors (Lipinski definition) is 5. The summed E-state index contributed by atoms with van der Waals surface area (Å²) in [6.45, 7) is 7.08. The van der Waals surface area contributed by atoms with Crippen molar-refractivity contribution in [1.29, 1.82) is 0 Å². The minimum absolute atomic E-state index is 0.0975. The van der Waals surface area contributed by atoms with Crippen LogP contribution in [0.5, 0.6) is 0 Å². The molecule has 190 valence electrons. The van der Waals surface area contributed by atoms with Crippen molar-refractivity contribution in [2.45, 2.75) is 46.1 Å². The van der Waals surface area contributed by atoms with Gasteiger partial charge < -0.3 is 20.4 Å². The SMILES string of the molecule is CCN(CC)C(=O)c1ccc2c(c1)N(CC(=O)Nc1ccc(NC(C)=O)cc1)C(=O)[C@@H]1CCCCN21. The molecule has 1 atom stereocenters. The highest BCUT2D eigenvalue weighted by Gasteiger charge is 2.40. The number of piperidine rings is 1. The number of nitrogens with zero attached hydrogens (tertiary/aromatic N) is 3. The summed E-state index contributed by atoms with van der Waals surface area (Å²) < 4.78 is 0. The van der Waals surface area contributed by atoms with E-state index in [1.54, 1.807) is 35.2 Å². The lowest BCUT2D eigenvalue weighted by Gasteiger charge is -2.45. The van der Waals surface area contributed by atoms with Crippen molar-refractivity contribution in [3.63, 3.8) is 0 Å². The number of benzene rings is 2. The molecule has 4 rings (SSSR count). The average molecular weight is 492 g/mol. The van der Waals surface area contributed by atoms with Crippen molar-refractivity contribution >= 4 is 46.4 Å². The standard InChI is InChI=1S/C27H33N5O4/c1-4-30(5-2)26(35)19-9-14-22-24(16-19)32(27(36)23-8-6-7-15-31(22)23)17-25(34)29-21-12-10-20(11-13-21)28-18(3)33/h9-14,16,23H,4-8,15,17H2,1-3H3,(H,28,33)(H,29,34)/t23-/m0/s1. The largest absolute Gasteiger partial charge is 0.358 e. The van der Waals surface area contributed by atoms with Crippen LogP contribution in [0.15, 0.2) is 42.5 Å². The van der Waals surface area contributed by atoms with Crippen LogP contribution in [0.25, 0.3) is 0 Å². The third-order valence-electron chi connectivity index (χ3n) is 6.72. The molecular formula is C27H33N5O4. The maximum Gasteiger partial charge on any atom is 0.253 e. The molecule has 0 bridgehead atoms. The zero-order chi connectivity index (χ0) is 25.8. The summed E-state index contributed by atoms with van der Waals surface area (Å²) in [5.74, 6) is -0.735. The Morgan fingerprint density at radius 2 is 1.61 bits per heavy atom. The second-order valence-corrected chi connectivity index (χ2v) is 9.12. The highest BCUT2D eigenvalue weighted by molar-refractivity contribution is 6.11. The fraction of sp³-hybridized carbons (Fsp3) is 0.407. The summed E-state index contributed by atoms with van der Waals surface area (Å²) in [5.41, 5.74) is 3.15. The molecule has 2 aliphatic heterocycles. The molecule has 9 heteroatoms. The Bertz CT molecular complexity index is 1160. The summed E-state index contributed by atoms with van der Waals surface area (Å²) in [4.78, 5) is 56.2. The van der Waals surface area contributed by atoms with Gasteiger partial charge in [-0.2, -0.15) is 0 Å². The Hall–Kier alpha value is -3.88. The molecule has 2 aromatic carbocycles. The molecule has 1 fully saturated rings. The molecule has 2 N–H and O–H groups in total. The first-order chi connectivity index (χ1) is 17.3. The topological polar surface area (TPSA) is 102 Å². The number of anilines is 4. The van der Waals surface area contributed by atoms with Gasteiger partial charge in [0.15, 0.2) is 0 Å². The van der Waals surface area contributed by atoms with E-state index in [0.717, 1.165) is 31.5 Å².